The summed E-state index contributed by atoms with van der Waals surface area (Å²) >= 11 is 3.19. The molecule has 0 unspecified atom stereocenters. The van der Waals surface area contributed by atoms with E-state index in [1.807, 2.05) is 0 Å². The third-order valence-electron chi connectivity index (χ3n) is 2.70. The molecule has 1 rings (SSSR count). The molecule has 2 amide bonds. The SMILES string of the molecule is CCN(CC(C)(C)O)C(=O)Nc1ccc(Br)cc1C(=O)O. The molecular formula is C14H19BrN2O4. The van der Waals surface area contributed by atoms with Crippen molar-refractivity contribution in [2.45, 2.75) is 26.4 Å². The van der Waals surface area contributed by atoms with Gasteiger partial charge in [-0.2, -0.15) is 0 Å². The van der Waals surface area contributed by atoms with Gasteiger partial charge in [0, 0.05) is 11.0 Å². The Morgan fingerprint density at radius 1 is 1.38 bits per heavy atom. The Morgan fingerprint density at radius 2 is 2.00 bits per heavy atom. The van der Waals surface area contributed by atoms with Crippen molar-refractivity contribution in [3.8, 4) is 0 Å². The predicted molar refractivity (Wildman–Crippen MR) is 83.7 cm³/mol. The Kier molecular flexibility index (Phi) is 5.74. The molecule has 21 heavy (non-hydrogen) atoms. The van der Waals surface area contributed by atoms with Crippen LogP contribution in [0.2, 0.25) is 0 Å². The Morgan fingerprint density at radius 3 is 2.48 bits per heavy atom. The van der Waals surface area contributed by atoms with E-state index in [1.54, 1.807) is 26.8 Å². The fourth-order valence-corrected chi connectivity index (χ4v) is 2.15. The second kappa shape index (κ2) is 6.91. The molecule has 0 heterocycles. The van der Waals surface area contributed by atoms with E-state index in [1.165, 1.54) is 17.0 Å². The van der Waals surface area contributed by atoms with E-state index >= 15 is 0 Å². The number of nitrogens with one attached hydrogen (secondary N) is 1. The summed E-state index contributed by atoms with van der Waals surface area (Å²) in [6.07, 6.45) is 0. The molecule has 3 N–H and O–H groups in total. The van der Waals surface area contributed by atoms with Crippen molar-refractivity contribution < 1.29 is 19.8 Å². The highest BCUT2D eigenvalue weighted by Gasteiger charge is 2.22. The molecule has 0 atom stereocenters. The molecule has 0 radical (unpaired) electrons. The highest BCUT2D eigenvalue weighted by atomic mass is 79.9. The Hall–Kier alpha value is -1.60. The van der Waals surface area contributed by atoms with Crippen LogP contribution in [0.1, 0.15) is 31.1 Å². The number of benzene rings is 1. The van der Waals surface area contributed by atoms with Crippen molar-refractivity contribution in [1.82, 2.24) is 4.90 Å². The predicted octanol–water partition coefficient (Wildman–Crippen LogP) is 2.77. The first-order valence-electron chi connectivity index (χ1n) is 6.45. The lowest BCUT2D eigenvalue weighted by molar-refractivity contribution is 0.0500. The van der Waals surface area contributed by atoms with E-state index in [9.17, 15) is 14.7 Å². The van der Waals surface area contributed by atoms with Crippen LogP contribution in [0.3, 0.4) is 0 Å². The first-order chi connectivity index (χ1) is 9.64. The van der Waals surface area contributed by atoms with Crippen LogP contribution in [0.4, 0.5) is 10.5 Å². The summed E-state index contributed by atoms with van der Waals surface area (Å²) in [4.78, 5) is 24.8. The number of aliphatic hydroxyl groups is 1. The molecule has 0 saturated carbocycles. The summed E-state index contributed by atoms with van der Waals surface area (Å²) in [5.74, 6) is -1.13. The summed E-state index contributed by atoms with van der Waals surface area (Å²) in [7, 11) is 0. The lowest BCUT2D eigenvalue weighted by Gasteiger charge is -2.28. The number of halogens is 1. The normalized spacial score (nSPS) is 11.1. The molecule has 0 aliphatic heterocycles. The van der Waals surface area contributed by atoms with Gasteiger partial charge in [-0.05, 0) is 39.0 Å². The van der Waals surface area contributed by atoms with Gasteiger partial charge in [0.25, 0.3) is 0 Å². The molecule has 0 aliphatic rings. The van der Waals surface area contributed by atoms with Crippen LogP contribution in [-0.2, 0) is 0 Å². The third-order valence-corrected chi connectivity index (χ3v) is 3.19. The van der Waals surface area contributed by atoms with Crippen LogP contribution in [0.25, 0.3) is 0 Å². The minimum atomic E-state index is -1.13. The lowest BCUT2D eigenvalue weighted by atomic mass is 10.1. The van der Waals surface area contributed by atoms with Gasteiger partial charge < -0.3 is 20.4 Å². The summed E-state index contributed by atoms with van der Waals surface area (Å²) < 4.78 is 0.613. The zero-order valence-electron chi connectivity index (χ0n) is 12.2. The van der Waals surface area contributed by atoms with E-state index in [2.05, 4.69) is 21.2 Å². The fraction of sp³-hybridized carbons (Fsp3) is 0.429. The summed E-state index contributed by atoms with van der Waals surface area (Å²) in [6.45, 7) is 5.53. The number of carbonyl (C=O) groups is 2. The number of carbonyl (C=O) groups excluding carboxylic acids is 1. The summed E-state index contributed by atoms with van der Waals surface area (Å²) in [5, 5.41) is 21.5. The highest BCUT2D eigenvalue weighted by molar-refractivity contribution is 9.10. The topological polar surface area (TPSA) is 89.9 Å². The molecule has 0 bridgehead atoms. The number of carboxylic acid groups (broad SMARTS) is 1. The highest BCUT2D eigenvalue weighted by Crippen LogP contribution is 2.21. The smallest absolute Gasteiger partial charge is 0.337 e. The van der Waals surface area contributed by atoms with E-state index in [-0.39, 0.29) is 17.8 Å². The van der Waals surface area contributed by atoms with E-state index in [0.29, 0.717) is 11.0 Å². The summed E-state index contributed by atoms with van der Waals surface area (Å²) in [5.41, 5.74) is -0.815. The zero-order valence-corrected chi connectivity index (χ0v) is 13.8. The van der Waals surface area contributed by atoms with Crippen LogP contribution < -0.4 is 5.32 Å². The molecule has 0 saturated heterocycles. The third kappa shape index (κ3) is 5.35. The van der Waals surface area contributed by atoms with Crippen LogP contribution >= 0.6 is 15.9 Å². The molecule has 0 spiro atoms. The van der Waals surface area contributed by atoms with Gasteiger partial charge >= 0.3 is 12.0 Å². The number of aromatic carboxylic acids is 1. The van der Waals surface area contributed by atoms with Gasteiger partial charge in [-0.1, -0.05) is 15.9 Å². The average Bonchev–Trinajstić information content (AvgIpc) is 2.36. The van der Waals surface area contributed by atoms with Gasteiger partial charge in [0.15, 0.2) is 0 Å². The minimum absolute atomic E-state index is 0.00274. The Bertz CT molecular complexity index is 540. The van der Waals surface area contributed by atoms with Crippen LogP contribution in [-0.4, -0.2) is 45.8 Å². The van der Waals surface area contributed by atoms with Gasteiger partial charge in [0.2, 0.25) is 0 Å². The number of amides is 2. The number of anilines is 1. The average molecular weight is 359 g/mol. The van der Waals surface area contributed by atoms with Crippen molar-refractivity contribution in [2.75, 3.05) is 18.4 Å². The minimum Gasteiger partial charge on any atom is -0.478 e. The zero-order chi connectivity index (χ0) is 16.2. The van der Waals surface area contributed by atoms with E-state index in [4.69, 9.17) is 5.11 Å². The largest absolute Gasteiger partial charge is 0.478 e. The molecule has 0 aliphatic carbocycles. The van der Waals surface area contributed by atoms with Crippen LogP contribution in [0, 0.1) is 0 Å². The molecule has 1 aromatic carbocycles. The molecule has 1 aromatic rings. The van der Waals surface area contributed by atoms with Gasteiger partial charge in [-0.3, -0.25) is 0 Å². The second-order valence-corrected chi connectivity index (χ2v) is 6.17. The van der Waals surface area contributed by atoms with Crippen LogP contribution in [0.15, 0.2) is 22.7 Å². The van der Waals surface area contributed by atoms with Gasteiger partial charge in [0.1, 0.15) is 0 Å². The quantitative estimate of drug-likeness (QED) is 0.754. The van der Waals surface area contributed by atoms with Crippen LogP contribution in [0.5, 0.6) is 0 Å². The maximum atomic E-state index is 12.2. The first kappa shape index (κ1) is 17.5. The number of rotatable bonds is 5. The molecule has 7 heteroatoms. The van der Waals surface area contributed by atoms with Gasteiger partial charge in [-0.15, -0.1) is 0 Å². The van der Waals surface area contributed by atoms with E-state index < -0.39 is 17.6 Å². The van der Waals surface area contributed by atoms with Crippen molar-refractivity contribution in [3.63, 3.8) is 0 Å². The van der Waals surface area contributed by atoms with Crippen molar-refractivity contribution >= 4 is 33.6 Å². The standard InChI is InChI=1S/C14H19BrN2O4/c1-4-17(8-14(2,3)21)13(20)16-11-6-5-9(15)7-10(11)12(18)19/h5-7,21H,4,8H2,1-3H3,(H,16,20)(H,18,19). The number of urea groups is 1. The van der Waals surface area contributed by atoms with E-state index in [0.717, 1.165) is 0 Å². The maximum absolute atomic E-state index is 12.2. The van der Waals surface area contributed by atoms with Gasteiger partial charge in [-0.25, -0.2) is 9.59 Å². The molecular weight excluding hydrogens is 340 g/mol. The number of nitrogens with zero attached hydrogens (tertiary/aromatic N) is 1. The van der Waals surface area contributed by atoms with Crippen molar-refractivity contribution in [3.05, 3.63) is 28.2 Å². The number of likely N-dealkylation sites (N-methyl/N-ethyl adjacent to an activating group) is 1. The number of hydrogen-bond donors (Lipinski definition) is 3. The fourth-order valence-electron chi connectivity index (χ4n) is 1.79. The first-order valence-corrected chi connectivity index (χ1v) is 7.24. The van der Waals surface area contributed by atoms with Crippen molar-refractivity contribution in [1.29, 1.82) is 0 Å². The van der Waals surface area contributed by atoms with Gasteiger partial charge in [0.05, 0.1) is 23.4 Å². The Labute approximate surface area is 131 Å². The second-order valence-electron chi connectivity index (χ2n) is 5.25. The number of hydrogen-bond acceptors (Lipinski definition) is 3. The summed E-state index contributed by atoms with van der Waals surface area (Å²) in [6, 6.07) is 4.13. The monoisotopic (exact) mass is 358 g/mol. The lowest BCUT2D eigenvalue weighted by Crippen LogP contribution is -2.44. The molecule has 0 fully saturated rings. The molecule has 0 aromatic heterocycles. The van der Waals surface area contributed by atoms with Crippen molar-refractivity contribution in [2.24, 2.45) is 0 Å². The number of carboxylic acids is 1. The molecule has 6 nitrogen and oxygen atoms in total. The maximum Gasteiger partial charge on any atom is 0.337 e. The Balaban J connectivity index is 2.94. The molecule has 116 valence electrons.